The van der Waals surface area contributed by atoms with Gasteiger partial charge in [0.1, 0.15) is 0 Å². The van der Waals surface area contributed by atoms with Gasteiger partial charge in [-0.2, -0.15) is 0 Å². The van der Waals surface area contributed by atoms with Gasteiger partial charge in [-0.05, 0) is 12.1 Å². The Labute approximate surface area is 78.3 Å². The molecule has 1 amide bonds. The zero-order valence-corrected chi connectivity index (χ0v) is 8.03. The first kappa shape index (κ1) is 11.6. The summed E-state index contributed by atoms with van der Waals surface area (Å²) in [5.74, 6) is -0.333. The number of nitrogens with two attached hydrogens (primary N) is 1. The summed E-state index contributed by atoms with van der Waals surface area (Å²) in [6, 6.07) is 8.29. The molecule has 4 nitrogen and oxygen atoms in total. The highest BCUT2D eigenvalue weighted by Gasteiger charge is 1.87. The smallest absolute Gasteiger partial charge is 0.214 e. The van der Waals surface area contributed by atoms with Crippen LogP contribution in [0.4, 0.5) is 0 Å². The molecule has 0 radical (unpaired) electrons. The second-order valence-electron chi connectivity index (χ2n) is 2.20. The van der Waals surface area contributed by atoms with Gasteiger partial charge >= 0.3 is 0 Å². The molecule has 0 aromatic heterocycles. The molecule has 5 heteroatoms. The third kappa shape index (κ3) is 7.02. The Bertz CT molecular complexity index is 321. The molecular weight excluding hydrogens is 190 g/mol. The summed E-state index contributed by atoms with van der Waals surface area (Å²) < 4.78 is 20.5. The maximum Gasteiger partial charge on any atom is 0.214 e. The maximum absolute atomic E-state index is 10.2. The van der Waals surface area contributed by atoms with E-state index in [0.29, 0.717) is 4.90 Å². The molecule has 1 aromatic rings. The normalized spacial score (nSPS) is 8.77. The van der Waals surface area contributed by atoms with Crippen molar-refractivity contribution >= 4 is 16.6 Å². The van der Waals surface area contributed by atoms with Gasteiger partial charge in [0.25, 0.3) is 0 Å². The number of carbonyl (C=O) groups is 1. The van der Waals surface area contributed by atoms with Gasteiger partial charge in [0, 0.05) is 6.92 Å². The van der Waals surface area contributed by atoms with Crippen molar-refractivity contribution in [3.63, 3.8) is 0 Å². The second kappa shape index (κ2) is 6.19. The van der Waals surface area contributed by atoms with Crippen molar-refractivity contribution in [3.05, 3.63) is 30.3 Å². The van der Waals surface area contributed by atoms with Gasteiger partial charge in [0.05, 0.1) is 4.90 Å². The van der Waals surface area contributed by atoms with Crippen LogP contribution in [0.3, 0.4) is 0 Å². The van der Waals surface area contributed by atoms with Crippen molar-refractivity contribution in [2.75, 3.05) is 0 Å². The standard InChI is InChI=1S/C6H6O2S.C2H5NO/c7-9(8)6-4-2-1-3-5-6;1-2(3)4/h1-5,9H;1H3,(H2,3,4). The van der Waals surface area contributed by atoms with E-state index in [0.717, 1.165) is 0 Å². The zero-order chi connectivity index (χ0) is 10.3. The first-order valence-electron chi connectivity index (χ1n) is 3.49. The van der Waals surface area contributed by atoms with Gasteiger partial charge in [0.15, 0.2) is 10.7 Å². The van der Waals surface area contributed by atoms with Gasteiger partial charge in [0.2, 0.25) is 5.91 Å². The van der Waals surface area contributed by atoms with Crippen LogP contribution in [0.1, 0.15) is 6.92 Å². The van der Waals surface area contributed by atoms with Crippen molar-refractivity contribution in [2.24, 2.45) is 5.73 Å². The Morgan fingerprint density at radius 2 is 1.62 bits per heavy atom. The minimum absolute atomic E-state index is 0.333. The Hall–Kier alpha value is -1.36. The molecule has 0 atom stereocenters. The molecule has 0 aliphatic carbocycles. The topological polar surface area (TPSA) is 77.2 Å². The largest absolute Gasteiger partial charge is 0.370 e. The van der Waals surface area contributed by atoms with Gasteiger partial charge in [-0.15, -0.1) is 0 Å². The molecule has 0 heterocycles. The van der Waals surface area contributed by atoms with E-state index >= 15 is 0 Å². The summed E-state index contributed by atoms with van der Waals surface area (Å²) in [4.78, 5) is 9.59. The highest BCUT2D eigenvalue weighted by Crippen LogP contribution is 1.97. The van der Waals surface area contributed by atoms with Crippen LogP contribution in [-0.4, -0.2) is 14.3 Å². The number of benzene rings is 1. The van der Waals surface area contributed by atoms with Gasteiger partial charge in [-0.3, -0.25) is 4.79 Å². The number of amides is 1. The Morgan fingerprint density at radius 1 is 1.23 bits per heavy atom. The van der Waals surface area contributed by atoms with Crippen molar-refractivity contribution in [1.29, 1.82) is 0 Å². The van der Waals surface area contributed by atoms with Crippen molar-refractivity contribution in [2.45, 2.75) is 11.8 Å². The van der Waals surface area contributed by atoms with Crippen LogP contribution < -0.4 is 5.73 Å². The Kier molecular flexibility index (Phi) is 5.54. The Morgan fingerprint density at radius 3 is 1.85 bits per heavy atom. The lowest BCUT2D eigenvalue weighted by Gasteiger charge is -1.83. The van der Waals surface area contributed by atoms with Gasteiger partial charge in [-0.1, -0.05) is 18.2 Å². The second-order valence-corrected chi connectivity index (χ2v) is 3.23. The molecule has 0 bridgehead atoms. The number of thiol groups is 1. The zero-order valence-electron chi connectivity index (χ0n) is 7.14. The summed E-state index contributed by atoms with van der Waals surface area (Å²) in [5.41, 5.74) is 4.47. The first-order valence-corrected chi connectivity index (χ1v) is 4.67. The van der Waals surface area contributed by atoms with E-state index < -0.39 is 10.7 Å². The number of rotatable bonds is 1. The predicted molar refractivity (Wildman–Crippen MR) is 49.9 cm³/mol. The van der Waals surface area contributed by atoms with Crippen molar-refractivity contribution in [3.8, 4) is 0 Å². The van der Waals surface area contributed by atoms with Crippen LogP contribution in [0.2, 0.25) is 0 Å². The Balaban J connectivity index is 0.000000310. The fourth-order valence-electron chi connectivity index (χ4n) is 0.550. The lowest BCUT2D eigenvalue weighted by atomic mass is 10.4. The van der Waals surface area contributed by atoms with Crippen LogP contribution in [-0.2, 0) is 15.5 Å². The molecule has 2 N–H and O–H groups in total. The van der Waals surface area contributed by atoms with Gasteiger partial charge < -0.3 is 5.73 Å². The van der Waals surface area contributed by atoms with E-state index in [2.05, 4.69) is 5.73 Å². The minimum atomic E-state index is -2.40. The van der Waals surface area contributed by atoms with Gasteiger partial charge in [-0.25, -0.2) is 8.42 Å². The predicted octanol–water partition coefficient (Wildman–Crippen LogP) is 0.148. The monoisotopic (exact) mass is 201 g/mol. The number of primary amides is 1. The highest BCUT2D eigenvalue weighted by molar-refractivity contribution is 7.72. The SMILES string of the molecule is CC(N)=O.O=[SH](=O)c1ccccc1. The van der Waals surface area contributed by atoms with E-state index in [1.165, 1.54) is 6.92 Å². The third-order valence-electron chi connectivity index (χ3n) is 0.967. The fraction of sp³-hybridized carbons (Fsp3) is 0.125. The highest BCUT2D eigenvalue weighted by atomic mass is 32.2. The summed E-state index contributed by atoms with van der Waals surface area (Å²) in [5, 5.41) is 0. The molecule has 13 heavy (non-hydrogen) atoms. The first-order chi connectivity index (χ1) is 6.04. The maximum atomic E-state index is 10.2. The molecule has 0 aliphatic heterocycles. The molecule has 0 aliphatic rings. The molecule has 72 valence electrons. The lowest BCUT2D eigenvalue weighted by molar-refractivity contribution is -0.115. The summed E-state index contributed by atoms with van der Waals surface area (Å²) in [6.07, 6.45) is 0. The van der Waals surface area contributed by atoms with E-state index in [4.69, 9.17) is 0 Å². The summed E-state index contributed by atoms with van der Waals surface area (Å²) in [6.45, 7) is 1.31. The third-order valence-corrected chi connectivity index (χ3v) is 1.69. The quantitative estimate of drug-likeness (QED) is 0.635. The molecule has 1 aromatic carbocycles. The molecule has 0 saturated carbocycles. The fourth-order valence-corrected chi connectivity index (χ4v) is 0.965. The van der Waals surface area contributed by atoms with Crippen molar-refractivity contribution in [1.82, 2.24) is 0 Å². The molecule has 0 spiro atoms. The number of hydrogen-bond acceptors (Lipinski definition) is 3. The minimum Gasteiger partial charge on any atom is -0.370 e. The van der Waals surface area contributed by atoms with E-state index in [9.17, 15) is 13.2 Å². The van der Waals surface area contributed by atoms with Crippen LogP contribution in [0.5, 0.6) is 0 Å². The summed E-state index contributed by atoms with van der Waals surface area (Å²) in [7, 11) is -2.40. The van der Waals surface area contributed by atoms with Crippen LogP contribution in [0.15, 0.2) is 35.2 Å². The molecule has 0 fully saturated rings. The summed E-state index contributed by atoms with van der Waals surface area (Å²) >= 11 is 0. The molecule has 0 saturated heterocycles. The molecular formula is C8H11NO3S. The van der Waals surface area contributed by atoms with Crippen LogP contribution >= 0.6 is 0 Å². The molecule has 1 rings (SSSR count). The molecule has 0 unspecified atom stereocenters. The number of hydrogen-bond donors (Lipinski definition) is 2. The average molecular weight is 201 g/mol. The van der Waals surface area contributed by atoms with Crippen LogP contribution in [0, 0.1) is 0 Å². The van der Waals surface area contributed by atoms with E-state index in [1.807, 2.05) is 0 Å². The average Bonchev–Trinajstić information content (AvgIpc) is 2.05. The van der Waals surface area contributed by atoms with E-state index in [-0.39, 0.29) is 5.91 Å². The van der Waals surface area contributed by atoms with Crippen molar-refractivity contribution < 1.29 is 13.2 Å². The number of carbonyl (C=O) groups excluding carboxylic acids is 1. The van der Waals surface area contributed by atoms with E-state index in [1.54, 1.807) is 30.3 Å². The lowest BCUT2D eigenvalue weighted by Crippen LogP contribution is -2.01. The van der Waals surface area contributed by atoms with Crippen LogP contribution in [0.25, 0.3) is 0 Å².